The lowest BCUT2D eigenvalue weighted by atomic mass is 10.0. The van der Waals surface area contributed by atoms with Gasteiger partial charge in [-0.25, -0.2) is 14.5 Å². The Morgan fingerprint density at radius 2 is 1.76 bits per heavy atom. The molecule has 0 radical (unpaired) electrons. The van der Waals surface area contributed by atoms with Gasteiger partial charge in [0.15, 0.2) is 0 Å². The number of amides is 5. The van der Waals surface area contributed by atoms with E-state index in [0.717, 1.165) is 9.80 Å². The van der Waals surface area contributed by atoms with Gasteiger partial charge in [0.2, 0.25) is 17.7 Å². The lowest BCUT2D eigenvalue weighted by Crippen LogP contribution is -2.70. The molecule has 2 aliphatic rings. The van der Waals surface area contributed by atoms with Crippen molar-refractivity contribution in [3.8, 4) is 11.3 Å². The monoisotopic (exact) mass is 717 g/mol. The first-order valence-corrected chi connectivity index (χ1v) is 16.7. The molecule has 51 heavy (non-hydrogen) atoms. The molecule has 2 aliphatic heterocycles. The molecule has 0 spiro atoms. The fourth-order valence-electron chi connectivity index (χ4n) is 5.53. The van der Waals surface area contributed by atoms with Gasteiger partial charge >= 0.3 is 12.1 Å². The number of pyridine rings is 1. The number of imide groups is 1. The normalized spacial score (nSPS) is 17.1. The van der Waals surface area contributed by atoms with Crippen molar-refractivity contribution in [3.05, 3.63) is 93.4 Å². The molecule has 1 fully saturated rings. The smallest absolute Gasteiger partial charge is 0.407 e. The van der Waals surface area contributed by atoms with Crippen molar-refractivity contribution >= 4 is 58.8 Å². The van der Waals surface area contributed by atoms with Crippen molar-refractivity contribution < 1.29 is 38.6 Å². The first-order valence-electron chi connectivity index (χ1n) is 15.6. The Balaban J connectivity index is 1.15. The van der Waals surface area contributed by atoms with Crippen LogP contribution in [0.25, 0.3) is 11.3 Å². The minimum Gasteiger partial charge on any atom is -0.477 e. The highest BCUT2D eigenvalue weighted by atomic mass is 32.2. The van der Waals surface area contributed by atoms with E-state index in [2.05, 4.69) is 15.6 Å². The number of anilines is 2. The highest BCUT2D eigenvalue weighted by molar-refractivity contribution is 8.00. The van der Waals surface area contributed by atoms with Gasteiger partial charge in [0.1, 0.15) is 23.7 Å². The van der Waals surface area contributed by atoms with Gasteiger partial charge in [-0.3, -0.25) is 28.9 Å². The molecule has 5 rings (SSSR count). The third-order valence-electron chi connectivity index (χ3n) is 8.13. The molecule has 0 bridgehead atoms. The molecule has 1 aromatic heterocycles. The van der Waals surface area contributed by atoms with Crippen LogP contribution in [0.2, 0.25) is 0 Å². The minimum atomic E-state index is -1.38. The number of carbonyl (C=O) groups is 6. The number of carbonyl (C=O) groups excluding carboxylic acids is 5. The highest BCUT2D eigenvalue weighted by Crippen LogP contribution is 2.40. The molecule has 8 N–H and O–H groups in total. The van der Waals surface area contributed by atoms with Crippen LogP contribution < -0.4 is 32.6 Å². The van der Waals surface area contributed by atoms with E-state index in [1.807, 2.05) is 0 Å². The van der Waals surface area contributed by atoms with Gasteiger partial charge in [0, 0.05) is 35.2 Å². The lowest BCUT2D eigenvalue weighted by Gasteiger charge is -2.49. The van der Waals surface area contributed by atoms with Crippen LogP contribution in [0.15, 0.2) is 76.7 Å². The molecule has 16 nitrogen and oxygen atoms in total. The van der Waals surface area contributed by atoms with Gasteiger partial charge in [-0.2, -0.15) is 0 Å². The summed E-state index contributed by atoms with van der Waals surface area (Å²) < 4.78 is 5.23. The van der Waals surface area contributed by atoms with Gasteiger partial charge in [0.25, 0.3) is 11.5 Å². The van der Waals surface area contributed by atoms with Crippen molar-refractivity contribution in [2.45, 2.75) is 44.3 Å². The number of hydrogen-bond donors (Lipinski definition) is 6. The van der Waals surface area contributed by atoms with E-state index >= 15 is 0 Å². The molecule has 1 saturated heterocycles. The molecule has 0 aliphatic carbocycles. The number of hydrogen-bond acceptors (Lipinski definition) is 11. The van der Waals surface area contributed by atoms with E-state index in [4.69, 9.17) is 16.2 Å². The summed E-state index contributed by atoms with van der Waals surface area (Å²) in [5, 5.41) is 14.4. The molecular weight excluding hydrogens is 682 g/mol. The summed E-state index contributed by atoms with van der Waals surface area (Å²) in [6, 6.07) is 14.5. The van der Waals surface area contributed by atoms with E-state index in [1.165, 1.54) is 31.7 Å². The Bertz CT molecular complexity index is 1990. The summed E-state index contributed by atoms with van der Waals surface area (Å²) in [4.78, 5) is 92.2. The van der Waals surface area contributed by atoms with Crippen molar-refractivity contribution in [1.82, 2.24) is 20.5 Å². The molecule has 3 aromatic rings. The number of carboxylic acids is 1. The number of H-pyrrole nitrogens is 1. The first-order chi connectivity index (χ1) is 24.3. The first kappa shape index (κ1) is 36.3. The lowest BCUT2D eigenvalue weighted by molar-refractivity contribution is -0.150. The Morgan fingerprint density at radius 3 is 2.39 bits per heavy atom. The third-order valence-corrected chi connectivity index (χ3v) is 9.47. The van der Waals surface area contributed by atoms with Crippen molar-refractivity contribution in [2.24, 2.45) is 5.73 Å². The number of nitrogens with one attached hydrogen (secondary N) is 3. The van der Waals surface area contributed by atoms with Crippen molar-refractivity contribution in [3.63, 3.8) is 0 Å². The number of nitrogens with two attached hydrogens (primary N) is 2. The number of aromatic amines is 1. The summed E-state index contributed by atoms with van der Waals surface area (Å²) >= 11 is 1.22. The predicted octanol–water partition coefficient (Wildman–Crippen LogP) is 1.06. The number of fused-ring (bicyclic) bond motifs is 1. The van der Waals surface area contributed by atoms with Crippen LogP contribution in [0, 0.1) is 0 Å². The van der Waals surface area contributed by atoms with Crippen molar-refractivity contribution in [2.75, 3.05) is 23.0 Å². The number of ether oxygens (including phenoxy) is 1. The minimum absolute atomic E-state index is 0.0465. The SMILES string of the molecule is CC(=O)N(C(=O)[C@@H](C)N)c1ccc(-c2ccc(CNC(=O)OCC3=C(C(=O)O)N4C(=O)C(NC(=O)Cc5ccccc5N)[C@@H]4SC3)c(=O)[nH]2)cc1. The number of aliphatic carboxylic acids is 1. The molecule has 2 aromatic carbocycles. The number of thioether (sulfide) groups is 1. The maximum atomic E-state index is 13.0. The average Bonchev–Trinajstić information content (AvgIpc) is 3.09. The van der Waals surface area contributed by atoms with Crippen LogP contribution in [0.4, 0.5) is 16.2 Å². The molecule has 5 amide bonds. The van der Waals surface area contributed by atoms with E-state index in [0.29, 0.717) is 28.2 Å². The average molecular weight is 718 g/mol. The van der Waals surface area contributed by atoms with Gasteiger partial charge in [-0.1, -0.05) is 30.3 Å². The number of aromatic nitrogens is 1. The number of nitrogen functional groups attached to an aromatic ring is 1. The van der Waals surface area contributed by atoms with E-state index in [-0.39, 0.29) is 35.6 Å². The molecular formula is C34H35N7O9S. The molecule has 266 valence electrons. The second-order valence-corrected chi connectivity index (χ2v) is 12.9. The van der Waals surface area contributed by atoms with Crippen LogP contribution in [-0.4, -0.2) is 80.5 Å². The standard InChI is InChI=1S/C34H35N7O9S/c1-17(35)30(45)40(18(2)42)23-10-7-19(8-11-23)25-12-9-21(29(44)38-25)14-37-34(49)50-15-22-16-51-32-27(31(46)41(32)28(22)33(47)48)39-26(43)13-20-5-3-4-6-24(20)36/h3-12,17,27,32H,13-16,35-36H2,1-2H3,(H,37,49)(H,38,44)(H,39,43)(H,47,48)/t17-,27?,32+/m1/s1. The van der Waals surface area contributed by atoms with E-state index < -0.39 is 65.3 Å². The van der Waals surface area contributed by atoms with Crippen LogP contribution in [0.1, 0.15) is 25.0 Å². The zero-order valence-corrected chi connectivity index (χ0v) is 28.3. The van der Waals surface area contributed by atoms with E-state index in [1.54, 1.807) is 54.6 Å². The second-order valence-electron chi connectivity index (χ2n) is 11.8. The molecule has 17 heteroatoms. The topological polar surface area (TPSA) is 247 Å². The van der Waals surface area contributed by atoms with Crippen LogP contribution >= 0.6 is 11.8 Å². The molecule has 3 atom stereocenters. The fraction of sp³-hybridized carbons (Fsp3) is 0.265. The number of alkyl carbamates (subject to hydrolysis) is 1. The largest absolute Gasteiger partial charge is 0.477 e. The number of carboxylic acid groups (broad SMARTS) is 1. The highest BCUT2D eigenvalue weighted by Gasteiger charge is 2.54. The Hall–Kier alpha value is -5.94. The summed E-state index contributed by atoms with van der Waals surface area (Å²) in [6.07, 6.45) is -0.968. The zero-order valence-electron chi connectivity index (χ0n) is 27.5. The quantitative estimate of drug-likeness (QED) is 0.120. The third kappa shape index (κ3) is 7.94. The van der Waals surface area contributed by atoms with Crippen LogP contribution in [0.5, 0.6) is 0 Å². The van der Waals surface area contributed by atoms with Gasteiger partial charge < -0.3 is 36.9 Å². The number of para-hydroxylation sites is 1. The zero-order chi connectivity index (χ0) is 37.0. The van der Waals surface area contributed by atoms with E-state index in [9.17, 15) is 38.7 Å². The molecule has 1 unspecified atom stereocenters. The summed E-state index contributed by atoms with van der Waals surface area (Å²) in [6.45, 7) is 2.10. The maximum absolute atomic E-state index is 13.0. The van der Waals surface area contributed by atoms with Crippen LogP contribution in [0.3, 0.4) is 0 Å². The fourth-order valence-corrected chi connectivity index (χ4v) is 6.85. The number of rotatable bonds is 11. The summed E-state index contributed by atoms with van der Waals surface area (Å²) in [5.41, 5.74) is 13.5. The maximum Gasteiger partial charge on any atom is 0.407 e. The predicted molar refractivity (Wildman–Crippen MR) is 187 cm³/mol. The number of benzene rings is 2. The van der Waals surface area contributed by atoms with Crippen molar-refractivity contribution in [1.29, 1.82) is 0 Å². The Kier molecular flexibility index (Phi) is 10.9. The summed E-state index contributed by atoms with van der Waals surface area (Å²) in [5.74, 6) is -3.35. The Labute approximate surface area is 295 Å². The second kappa shape index (κ2) is 15.3. The summed E-state index contributed by atoms with van der Waals surface area (Å²) in [7, 11) is 0. The van der Waals surface area contributed by atoms with Gasteiger partial charge in [0.05, 0.1) is 24.7 Å². The molecule has 3 heterocycles. The van der Waals surface area contributed by atoms with Crippen LogP contribution in [-0.2, 0) is 41.7 Å². The van der Waals surface area contributed by atoms with Gasteiger partial charge in [-0.15, -0.1) is 11.8 Å². The van der Waals surface area contributed by atoms with Gasteiger partial charge in [-0.05, 0) is 48.4 Å². The Morgan fingerprint density at radius 1 is 1.06 bits per heavy atom. The molecule has 0 saturated carbocycles. The number of nitrogens with zero attached hydrogens (tertiary/aromatic N) is 2. The number of β-lactam (4-membered cyclic amide) rings is 1.